The standard InChI is InChI=1S/C14H22N4O/c19-14(13-8-15-10-16-13)17-11-4-3-7-18(9-11)12-5-1-2-6-12/h8,10-12H,1-7,9H2,(H,15,16)(H,17,19)/t11-/m1/s1. The van der Waals surface area contributed by atoms with Crippen LogP contribution in [0.2, 0.25) is 0 Å². The number of nitrogens with zero attached hydrogens (tertiary/aromatic N) is 2. The number of imidazole rings is 1. The molecule has 0 radical (unpaired) electrons. The van der Waals surface area contributed by atoms with Gasteiger partial charge in [-0.05, 0) is 32.2 Å². The van der Waals surface area contributed by atoms with E-state index in [1.165, 1.54) is 38.6 Å². The molecule has 3 rings (SSSR count). The summed E-state index contributed by atoms with van der Waals surface area (Å²) in [6, 6.07) is 1.04. The molecule has 1 amide bonds. The molecule has 2 aliphatic rings. The quantitative estimate of drug-likeness (QED) is 0.868. The summed E-state index contributed by atoms with van der Waals surface area (Å²) in [7, 11) is 0. The molecule has 1 saturated heterocycles. The van der Waals surface area contributed by atoms with Crippen molar-refractivity contribution < 1.29 is 4.79 Å². The summed E-state index contributed by atoms with van der Waals surface area (Å²) < 4.78 is 0. The van der Waals surface area contributed by atoms with Gasteiger partial charge < -0.3 is 10.3 Å². The molecule has 104 valence electrons. The number of carbonyl (C=O) groups excluding carboxylic acids is 1. The normalized spacial score (nSPS) is 25.6. The van der Waals surface area contributed by atoms with Crippen LogP contribution in [0.5, 0.6) is 0 Å². The third-order valence-electron chi connectivity index (χ3n) is 4.37. The molecule has 5 nitrogen and oxygen atoms in total. The van der Waals surface area contributed by atoms with E-state index in [0.717, 1.165) is 19.0 Å². The van der Waals surface area contributed by atoms with Gasteiger partial charge in [-0.25, -0.2) is 4.98 Å². The maximum atomic E-state index is 12.0. The highest BCUT2D eigenvalue weighted by atomic mass is 16.2. The molecule has 1 aliphatic heterocycles. The fourth-order valence-corrected chi connectivity index (χ4v) is 3.37. The Balaban J connectivity index is 1.54. The van der Waals surface area contributed by atoms with Gasteiger partial charge in [-0.15, -0.1) is 0 Å². The number of amides is 1. The van der Waals surface area contributed by atoms with Crippen LogP contribution in [0.3, 0.4) is 0 Å². The predicted molar refractivity (Wildman–Crippen MR) is 72.9 cm³/mol. The summed E-state index contributed by atoms with van der Waals surface area (Å²) in [5, 5.41) is 3.12. The molecule has 1 atom stereocenters. The highest BCUT2D eigenvalue weighted by molar-refractivity contribution is 5.92. The first-order chi connectivity index (χ1) is 9.33. The molecule has 0 aromatic carbocycles. The van der Waals surface area contributed by atoms with E-state index in [2.05, 4.69) is 20.2 Å². The van der Waals surface area contributed by atoms with Crippen molar-refractivity contribution in [3.8, 4) is 0 Å². The molecule has 1 aromatic rings. The smallest absolute Gasteiger partial charge is 0.269 e. The van der Waals surface area contributed by atoms with Gasteiger partial charge in [0.1, 0.15) is 5.69 Å². The average Bonchev–Trinajstić information content (AvgIpc) is 3.13. The van der Waals surface area contributed by atoms with E-state index in [-0.39, 0.29) is 11.9 Å². The summed E-state index contributed by atoms with van der Waals surface area (Å²) in [6.07, 6.45) is 10.8. The summed E-state index contributed by atoms with van der Waals surface area (Å²) >= 11 is 0. The summed E-state index contributed by atoms with van der Waals surface area (Å²) in [4.78, 5) is 21.3. The number of likely N-dealkylation sites (tertiary alicyclic amines) is 1. The van der Waals surface area contributed by atoms with Gasteiger partial charge >= 0.3 is 0 Å². The minimum atomic E-state index is -0.0317. The van der Waals surface area contributed by atoms with Crippen molar-refractivity contribution in [3.63, 3.8) is 0 Å². The van der Waals surface area contributed by atoms with E-state index in [9.17, 15) is 4.79 Å². The van der Waals surface area contributed by atoms with Crippen LogP contribution >= 0.6 is 0 Å². The number of hydrogen-bond donors (Lipinski definition) is 2. The SMILES string of the molecule is O=C(N[C@@H]1CCCN(C2CCCC2)C1)c1cnc[nH]1. The van der Waals surface area contributed by atoms with Crippen LogP contribution in [0, 0.1) is 0 Å². The first-order valence-electron chi connectivity index (χ1n) is 7.36. The van der Waals surface area contributed by atoms with Gasteiger partial charge in [-0.1, -0.05) is 12.8 Å². The van der Waals surface area contributed by atoms with E-state index in [0.29, 0.717) is 5.69 Å². The number of aromatic amines is 1. The molecule has 1 saturated carbocycles. The van der Waals surface area contributed by atoms with Gasteiger partial charge in [0, 0.05) is 18.6 Å². The van der Waals surface area contributed by atoms with Crippen LogP contribution < -0.4 is 5.32 Å². The minimum Gasteiger partial charge on any atom is -0.347 e. The topological polar surface area (TPSA) is 61.0 Å². The molecule has 2 heterocycles. The Morgan fingerprint density at radius 3 is 2.89 bits per heavy atom. The monoisotopic (exact) mass is 262 g/mol. The lowest BCUT2D eigenvalue weighted by atomic mass is 10.0. The fraction of sp³-hybridized carbons (Fsp3) is 0.714. The van der Waals surface area contributed by atoms with Crippen LogP contribution in [-0.4, -0.2) is 45.9 Å². The number of H-pyrrole nitrogens is 1. The zero-order chi connectivity index (χ0) is 13.1. The number of nitrogens with one attached hydrogen (secondary N) is 2. The number of rotatable bonds is 3. The first kappa shape index (κ1) is 12.7. The van der Waals surface area contributed by atoms with Crippen LogP contribution in [0.25, 0.3) is 0 Å². The number of hydrogen-bond acceptors (Lipinski definition) is 3. The lowest BCUT2D eigenvalue weighted by molar-refractivity contribution is 0.0870. The van der Waals surface area contributed by atoms with Crippen molar-refractivity contribution in [1.29, 1.82) is 0 Å². The molecule has 1 aromatic heterocycles. The average molecular weight is 262 g/mol. The van der Waals surface area contributed by atoms with E-state index in [1.807, 2.05) is 0 Å². The second-order valence-electron chi connectivity index (χ2n) is 5.71. The Kier molecular flexibility index (Phi) is 3.82. The lowest BCUT2D eigenvalue weighted by Crippen LogP contribution is -2.50. The Bertz CT molecular complexity index is 411. The van der Waals surface area contributed by atoms with Crippen LogP contribution in [-0.2, 0) is 0 Å². The molecular formula is C14H22N4O. The predicted octanol–water partition coefficient (Wildman–Crippen LogP) is 1.55. The molecule has 0 spiro atoms. The van der Waals surface area contributed by atoms with E-state index < -0.39 is 0 Å². The van der Waals surface area contributed by atoms with E-state index >= 15 is 0 Å². The van der Waals surface area contributed by atoms with Crippen LogP contribution in [0.1, 0.15) is 49.0 Å². The number of carbonyl (C=O) groups is 1. The maximum absolute atomic E-state index is 12.0. The molecule has 1 aliphatic carbocycles. The van der Waals surface area contributed by atoms with Crippen LogP contribution in [0.15, 0.2) is 12.5 Å². The summed E-state index contributed by atoms with van der Waals surface area (Å²) in [5.74, 6) is -0.0317. The molecule has 2 fully saturated rings. The number of piperidine rings is 1. The molecule has 2 N–H and O–H groups in total. The van der Waals surface area contributed by atoms with Crippen molar-refractivity contribution in [3.05, 3.63) is 18.2 Å². The van der Waals surface area contributed by atoms with Crippen molar-refractivity contribution in [2.75, 3.05) is 13.1 Å². The van der Waals surface area contributed by atoms with Crippen molar-refractivity contribution in [1.82, 2.24) is 20.2 Å². The molecule has 19 heavy (non-hydrogen) atoms. The fourth-order valence-electron chi connectivity index (χ4n) is 3.37. The second-order valence-corrected chi connectivity index (χ2v) is 5.71. The summed E-state index contributed by atoms with van der Waals surface area (Å²) in [5.41, 5.74) is 0.554. The second kappa shape index (κ2) is 5.74. The molecule has 0 unspecified atom stereocenters. The molecular weight excluding hydrogens is 240 g/mol. The van der Waals surface area contributed by atoms with Crippen molar-refractivity contribution >= 4 is 5.91 Å². The Labute approximate surface area is 113 Å². The zero-order valence-electron chi connectivity index (χ0n) is 11.3. The highest BCUT2D eigenvalue weighted by Crippen LogP contribution is 2.26. The van der Waals surface area contributed by atoms with Crippen LogP contribution in [0.4, 0.5) is 0 Å². The molecule has 5 heteroatoms. The first-order valence-corrected chi connectivity index (χ1v) is 7.36. The maximum Gasteiger partial charge on any atom is 0.269 e. The minimum absolute atomic E-state index is 0.0317. The zero-order valence-corrected chi connectivity index (χ0v) is 11.3. The summed E-state index contributed by atoms with van der Waals surface area (Å²) in [6.45, 7) is 2.20. The van der Waals surface area contributed by atoms with Crippen molar-refractivity contribution in [2.45, 2.75) is 50.6 Å². The van der Waals surface area contributed by atoms with E-state index in [1.54, 1.807) is 12.5 Å². The van der Waals surface area contributed by atoms with Gasteiger partial charge in [0.2, 0.25) is 0 Å². The van der Waals surface area contributed by atoms with E-state index in [4.69, 9.17) is 0 Å². The van der Waals surface area contributed by atoms with Gasteiger partial charge in [0.15, 0.2) is 0 Å². The molecule has 0 bridgehead atoms. The Hall–Kier alpha value is -1.36. The third kappa shape index (κ3) is 2.97. The Morgan fingerprint density at radius 1 is 1.32 bits per heavy atom. The van der Waals surface area contributed by atoms with Gasteiger partial charge in [-0.3, -0.25) is 9.69 Å². The lowest BCUT2D eigenvalue weighted by Gasteiger charge is -2.37. The van der Waals surface area contributed by atoms with Crippen molar-refractivity contribution in [2.24, 2.45) is 0 Å². The van der Waals surface area contributed by atoms with Gasteiger partial charge in [-0.2, -0.15) is 0 Å². The number of aromatic nitrogens is 2. The Morgan fingerprint density at radius 2 is 2.16 bits per heavy atom. The largest absolute Gasteiger partial charge is 0.347 e. The highest BCUT2D eigenvalue weighted by Gasteiger charge is 2.28. The van der Waals surface area contributed by atoms with Gasteiger partial charge in [0.05, 0.1) is 12.5 Å². The third-order valence-corrected chi connectivity index (χ3v) is 4.37. The van der Waals surface area contributed by atoms with Gasteiger partial charge in [0.25, 0.3) is 5.91 Å².